The summed E-state index contributed by atoms with van der Waals surface area (Å²) < 4.78 is 27.2. The van der Waals surface area contributed by atoms with Crippen molar-refractivity contribution in [1.82, 2.24) is 0 Å². The van der Waals surface area contributed by atoms with Crippen LogP contribution in [0.5, 0.6) is 0 Å². The molecule has 3 N–H and O–H groups in total. The first-order chi connectivity index (χ1) is 9.49. The molecule has 0 aliphatic carbocycles. The number of primary amides is 1. The van der Waals surface area contributed by atoms with Crippen molar-refractivity contribution in [2.24, 2.45) is 5.73 Å². The van der Waals surface area contributed by atoms with Gasteiger partial charge in [-0.15, -0.1) is 0 Å². The molecular formula is C15H14F2N2O. The summed E-state index contributed by atoms with van der Waals surface area (Å²) in [5.74, 6) is -1.66. The van der Waals surface area contributed by atoms with Gasteiger partial charge in [0.05, 0.1) is 5.69 Å². The predicted molar refractivity (Wildman–Crippen MR) is 73.1 cm³/mol. The number of nitrogens with one attached hydrogen (secondary N) is 1. The first-order valence-corrected chi connectivity index (χ1v) is 6.05. The molecule has 0 saturated carbocycles. The number of hydrogen-bond donors (Lipinski definition) is 2. The van der Waals surface area contributed by atoms with Gasteiger partial charge in [0.2, 0.25) is 5.91 Å². The fourth-order valence-electron chi connectivity index (χ4n) is 1.84. The van der Waals surface area contributed by atoms with Crippen LogP contribution >= 0.6 is 0 Å². The zero-order valence-electron chi connectivity index (χ0n) is 10.9. The normalized spacial score (nSPS) is 11.9. The molecule has 0 heterocycles. The number of para-hydroxylation sites is 1. The van der Waals surface area contributed by atoms with E-state index in [0.717, 1.165) is 0 Å². The number of anilines is 1. The number of aryl methyl sites for hydroxylation is 1. The van der Waals surface area contributed by atoms with E-state index in [-0.39, 0.29) is 5.69 Å². The quantitative estimate of drug-likeness (QED) is 0.902. The van der Waals surface area contributed by atoms with Gasteiger partial charge >= 0.3 is 0 Å². The zero-order chi connectivity index (χ0) is 14.7. The lowest BCUT2D eigenvalue weighted by Crippen LogP contribution is -2.28. The molecule has 20 heavy (non-hydrogen) atoms. The summed E-state index contributed by atoms with van der Waals surface area (Å²) in [5, 5.41) is 2.69. The second-order valence-corrected chi connectivity index (χ2v) is 4.47. The van der Waals surface area contributed by atoms with Crippen LogP contribution in [-0.4, -0.2) is 5.91 Å². The molecule has 104 valence electrons. The third kappa shape index (κ3) is 2.93. The van der Waals surface area contributed by atoms with Crippen LogP contribution in [-0.2, 0) is 4.79 Å². The molecule has 1 unspecified atom stereocenters. The third-order valence-corrected chi connectivity index (χ3v) is 2.99. The number of rotatable bonds is 4. The Balaban J connectivity index is 2.34. The van der Waals surface area contributed by atoms with Crippen molar-refractivity contribution in [3.63, 3.8) is 0 Å². The Kier molecular flexibility index (Phi) is 3.98. The summed E-state index contributed by atoms with van der Waals surface area (Å²) in [6.07, 6.45) is 0. The molecular weight excluding hydrogens is 262 g/mol. The van der Waals surface area contributed by atoms with Gasteiger partial charge in [0.1, 0.15) is 17.7 Å². The Morgan fingerprint density at radius 3 is 2.45 bits per heavy atom. The Labute approximate surface area is 115 Å². The van der Waals surface area contributed by atoms with E-state index in [2.05, 4.69) is 5.32 Å². The Morgan fingerprint density at radius 2 is 1.85 bits per heavy atom. The van der Waals surface area contributed by atoms with Crippen molar-refractivity contribution in [3.8, 4) is 0 Å². The molecule has 0 aliphatic heterocycles. The second-order valence-electron chi connectivity index (χ2n) is 4.47. The van der Waals surface area contributed by atoms with Crippen molar-refractivity contribution in [2.75, 3.05) is 5.32 Å². The van der Waals surface area contributed by atoms with Gasteiger partial charge in [-0.05, 0) is 36.2 Å². The number of amides is 1. The van der Waals surface area contributed by atoms with E-state index in [9.17, 15) is 13.6 Å². The van der Waals surface area contributed by atoms with Crippen LogP contribution in [0.4, 0.5) is 14.5 Å². The van der Waals surface area contributed by atoms with Crippen molar-refractivity contribution in [3.05, 3.63) is 65.2 Å². The molecule has 0 spiro atoms. The molecule has 2 aromatic rings. The largest absolute Gasteiger partial charge is 0.368 e. The lowest BCUT2D eigenvalue weighted by molar-refractivity contribution is -0.118. The van der Waals surface area contributed by atoms with E-state index in [1.165, 1.54) is 24.3 Å². The minimum atomic E-state index is -0.998. The molecule has 0 aromatic heterocycles. The first-order valence-electron chi connectivity index (χ1n) is 6.05. The lowest BCUT2D eigenvalue weighted by atomic mass is 10.0. The highest BCUT2D eigenvalue weighted by molar-refractivity contribution is 5.84. The van der Waals surface area contributed by atoms with Gasteiger partial charge in [-0.2, -0.15) is 0 Å². The number of benzene rings is 2. The second kappa shape index (κ2) is 5.69. The van der Waals surface area contributed by atoms with Crippen LogP contribution in [0.25, 0.3) is 0 Å². The zero-order valence-corrected chi connectivity index (χ0v) is 10.9. The van der Waals surface area contributed by atoms with Crippen molar-refractivity contribution in [1.29, 1.82) is 0 Å². The summed E-state index contributed by atoms with van der Waals surface area (Å²) in [5.41, 5.74) is 6.26. The SMILES string of the molecule is Cc1ccc(C(Nc2ccccc2F)C(N)=O)cc1F. The third-order valence-electron chi connectivity index (χ3n) is 2.99. The predicted octanol–water partition coefficient (Wildman–Crippen LogP) is 2.91. The van der Waals surface area contributed by atoms with Gasteiger partial charge in [0.15, 0.2) is 0 Å². The number of hydrogen-bond acceptors (Lipinski definition) is 2. The molecule has 2 rings (SSSR count). The molecule has 1 atom stereocenters. The highest BCUT2D eigenvalue weighted by Gasteiger charge is 2.19. The summed E-state index contributed by atoms with van der Waals surface area (Å²) >= 11 is 0. The monoisotopic (exact) mass is 276 g/mol. The Hall–Kier alpha value is -2.43. The van der Waals surface area contributed by atoms with Crippen LogP contribution in [0.2, 0.25) is 0 Å². The van der Waals surface area contributed by atoms with E-state index in [0.29, 0.717) is 11.1 Å². The van der Waals surface area contributed by atoms with Gasteiger partial charge in [-0.3, -0.25) is 4.79 Å². The number of nitrogens with two attached hydrogens (primary N) is 1. The molecule has 0 saturated heterocycles. The van der Waals surface area contributed by atoms with Gasteiger partial charge < -0.3 is 11.1 Å². The minimum absolute atomic E-state index is 0.136. The maximum atomic E-state index is 13.6. The van der Waals surface area contributed by atoms with E-state index in [4.69, 9.17) is 5.73 Å². The molecule has 0 fully saturated rings. The summed E-state index contributed by atoms with van der Waals surface area (Å²) in [4.78, 5) is 11.5. The van der Waals surface area contributed by atoms with Crippen LogP contribution in [0.15, 0.2) is 42.5 Å². The van der Waals surface area contributed by atoms with E-state index < -0.39 is 23.6 Å². The molecule has 3 nitrogen and oxygen atoms in total. The summed E-state index contributed by atoms with van der Waals surface area (Å²) in [6, 6.07) is 9.25. The maximum Gasteiger partial charge on any atom is 0.244 e. The molecule has 0 bridgehead atoms. The number of halogens is 2. The van der Waals surface area contributed by atoms with E-state index in [1.807, 2.05) is 0 Å². The van der Waals surface area contributed by atoms with Crippen molar-refractivity contribution < 1.29 is 13.6 Å². The fourth-order valence-corrected chi connectivity index (χ4v) is 1.84. The van der Waals surface area contributed by atoms with Crippen LogP contribution in [0.1, 0.15) is 17.2 Å². The minimum Gasteiger partial charge on any atom is -0.368 e. The van der Waals surface area contributed by atoms with Crippen LogP contribution in [0, 0.1) is 18.6 Å². The van der Waals surface area contributed by atoms with Crippen molar-refractivity contribution >= 4 is 11.6 Å². The summed E-state index contributed by atoms with van der Waals surface area (Å²) in [7, 11) is 0. The van der Waals surface area contributed by atoms with E-state index >= 15 is 0 Å². The topological polar surface area (TPSA) is 55.1 Å². The van der Waals surface area contributed by atoms with Gasteiger partial charge in [-0.1, -0.05) is 24.3 Å². The summed E-state index contributed by atoms with van der Waals surface area (Å²) in [6.45, 7) is 1.61. The van der Waals surface area contributed by atoms with Crippen molar-refractivity contribution in [2.45, 2.75) is 13.0 Å². The number of carbonyl (C=O) groups is 1. The van der Waals surface area contributed by atoms with Crippen LogP contribution in [0.3, 0.4) is 0 Å². The standard InChI is InChI=1S/C15H14F2N2O/c1-9-6-7-10(8-12(9)17)14(15(18)20)19-13-5-3-2-4-11(13)16/h2-8,14,19H,1H3,(H2,18,20). The fraction of sp³-hybridized carbons (Fsp3) is 0.133. The smallest absolute Gasteiger partial charge is 0.244 e. The molecule has 0 aliphatic rings. The van der Waals surface area contributed by atoms with Gasteiger partial charge in [0, 0.05) is 0 Å². The maximum absolute atomic E-state index is 13.6. The molecule has 5 heteroatoms. The highest BCUT2D eigenvalue weighted by Crippen LogP contribution is 2.23. The molecule has 2 aromatic carbocycles. The van der Waals surface area contributed by atoms with Crippen LogP contribution < -0.4 is 11.1 Å². The number of carbonyl (C=O) groups excluding carboxylic acids is 1. The van der Waals surface area contributed by atoms with Gasteiger partial charge in [-0.25, -0.2) is 8.78 Å². The van der Waals surface area contributed by atoms with Gasteiger partial charge in [0.25, 0.3) is 0 Å². The average Bonchev–Trinajstić information content (AvgIpc) is 2.41. The molecule has 1 amide bonds. The van der Waals surface area contributed by atoms with E-state index in [1.54, 1.807) is 25.1 Å². The Bertz CT molecular complexity index is 644. The first kappa shape index (κ1) is 14.0. The lowest BCUT2D eigenvalue weighted by Gasteiger charge is -2.18. The molecule has 0 radical (unpaired) electrons. The average molecular weight is 276 g/mol. The Morgan fingerprint density at radius 1 is 1.15 bits per heavy atom. The highest BCUT2D eigenvalue weighted by atomic mass is 19.1.